The van der Waals surface area contributed by atoms with Crippen molar-refractivity contribution in [1.29, 1.82) is 0 Å². The monoisotopic (exact) mass is 247 g/mol. The van der Waals surface area contributed by atoms with Crippen LogP contribution in [0.15, 0.2) is 12.3 Å². The zero-order valence-corrected chi connectivity index (χ0v) is 11.0. The van der Waals surface area contributed by atoms with E-state index in [-0.39, 0.29) is 0 Å². The highest BCUT2D eigenvalue weighted by atomic mass is 15.3. The van der Waals surface area contributed by atoms with Crippen molar-refractivity contribution < 1.29 is 0 Å². The summed E-state index contributed by atoms with van der Waals surface area (Å²) in [6.07, 6.45) is 4.56. The molecule has 2 fully saturated rings. The van der Waals surface area contributed by atoms with Crippen LogP contribution >= 0.6 is 0 Å². The lowest BCUT2D eigenvalue weighted by molar-refractivity contribution is 0.312. The number of hydrogen-bond donors (Lipinski definition) is 1. The Morgan fingerprint density at radius 1 is 1.28 bits per heavy atom. The third kappa shape index (κ3) is 2.90. The molecule has 0 amide bonds. The molecule has 98 valence electrons. The first-order valence-electron chi connectivity index (χ1n) is 6.82. The minimum absolute atomic E-state index is 0.776. The molecular weight excluding hydrogens is 226 g/mol. The largest absolute Gasteiger partial charge is 0.354 e. The highest BCUT2D eigenvalue weighted by Gasteiger charge is 2.21. The van der Waals surface area contributed by atoms with Gasteiger partial charge in [-0.25, -0.2) is 4.98 Å². The van der Waals surface area contributed by atoms with Crippen molar-refractivity contribution in [3.63, 3.8) is 0 Å². The van der Waals surface area contributed by atoms with E-state index in [4.69, 9.17) is 0 Å². The number of likely N-dealkylation sites (N-methyl/N-ethyl adjacent to an activating group) is 1. The second-order valence-corrected chi connectivity index (χ2v) is 5.35. The molecule has 1 aromatic rings. The molecule has 5 nitrogen and oxygen atoms in total. The number of hydrogen-bond acceptors (Lipinski definition) is 5. The molecule has 0 bridgehead atoms. The summed E-state index contributed by atoms with van der Waals surface area (Å²) in [6, 6.07) is 2.01. The van der Waals surface area contributed by atoms with E-state index in [1.165, 1.54) is 12.8 Å². The highest BCUT2D eigenvalue weighted by molar-refractivity contribution is 5.43. The second kappa shape index (κ2) is 5.10. The summed E-state index contributed by atoms with van der Waals surface area (Å²) in [5.74, 6) is 2.68. The molecule has 1 aliphatic heterocycles. The van der Waals surface area contributed by atoms with Crippen LogP contribution in [0.2, 0.25) is 0 Å². The van der Waals surface area contributed by atoms with Gasteiger partial charge in [-0.3, -0.25) is 0 Å². The van der Waals surface area contributed by atoms with Gasteiger partial charge in [0.1, 0.15) is 5.82 Å². The van der Waals surface area contributed by atoms with Crippen molar-refractivity contribution in [2.75, 3.05) is 50.0 Å². The molecule has 0 aromatic carbocycles. The minimum atomic E-state index is 0.776. The van der Waals surface area contributed by atoms with Crippen molar-refractivity contribution in [2.45, 2.75) is 12.8 Å². The maximum atomic E-state index is 4.61. The van der Waals surface area contributed by atoms with E-state index < -0.39 is 0 Å². The number of piperazine rings is 1. The fourth-order valence-electron chi connectivity index (χ4n) is 2.20. The van der Waals surface area contributed by atoms with Crippen LogP contribution < -0.4 is 10.2 Å². The van der Waals surface area contributed by atoms with Gasteiger partial charge in [-0.15, -0.1) is 0 Å². The van der Waals surface area contributed by atoms with E-state index in [0.29, 0.717) is 0 Å². The van der Waals surface area contributed by atoms with E-state index in [2.05, 4.69) is 32.1 Å². The summed E-state index contributed by atoms with van der Waals surface area (Å²) >= 11 is 0. The predicted molar refractivity (Wildman–Crippen MR) is 73.0 cm³/mol. The topological polar surface area (TPSA) is 44.3 Å². The molecule has 2 aliphatic rings. The molecule has 1 saturated carbocycles. The number of rotatable bonds is 4. The third-order valence-corrected chi connectivity index (χ3v) is 3.71. The molecule has 2 heterocycles. The number of aromatic nitrogens is 2. The molecule has 3 rings (SSSR count). The van der Waals surface area contributed by atoms with Gasteiger partial charge >= 0.3 is 0 Å². The summed E-state index contributed by atoms with van der Waals surface area (Å²) in [5.41, 5.74) is 0. The molecule has 1 aliphatic carbocycles. The molecule has 5 heteroatoms. The van der Waals surface area contributed by atoms with Crippen LogP contribution in [0.4, 0.5) is 11.8 Å². The van der Waals surface area contributed by atoms with Gasteiger partial charge in [0.25, 0.3) is 0 Å². The second-order valence-electron chi connectivity index (χ2n) is 5.35. The smallest absolute Gasteiger partial charge is 0.224 e. The lowest BCUT2D eigenvalue weighted by Crippen LogP contribution is -2.44. The molecule has 1 aromatic heterocycles. The van der Waals surface area contributed by atoms with Gasteiger partial charge in [-0.2, -0.15) is 4.98 Å². The molecule has 1 saturated heterocycles. The summed E-state index contributed by atoms with van der Waals surface area (Å²) < 4.78 is 0. The van der Waals surface area contributed by atoms with Gasteiger partial charge in [0.2, 0.25) is 5.95 Å². The van der Waals surface area contributed by atoms with E-state index in [1.54, 1.807) is 0 Å². The van der Waals surface area contributed by atoms with Crippen LogP contribution in [0.5, 0.6) is 0 Å². The number of nitrogens with zero attached hydrogens (tertiary/aromatic N) is 4. The van der Waals surface area contributed by atoms with E-state index in [0.717, 1.165) is 50.4 Å². The molecule has 0 atom stereocenters. The van der Waals surface area contributed by atoms with Gasteiger partial charge in [0.15, 0.2) is 0 Å². The normalized spacial score (nSPS) is 21.1. The standard InChI is InChI=1S/C13H21N5/c1-17-6-8-18(9-7-17)12-4-5-14-13(16-12)15-10-11-2-3-11/h4-5,11H,2-3,6-10H2,1H3,(H,14,15,16). The fraction of sp³-hybridized carbons (Fsp3) is 0.692. The van der Waals surface area contributed by atoms with Crippen molar-refractivity contribution in [3.8, 4) is 0 Å². The maximum absolute atomic E-state index is 4.61. The molecule has 0 unspecified atom stereocenters. The van der Waals surface area contributed by atoms with Crippen molar-refractivity contribution in [3.05, 3.63) is 12.3 Å². The number of anilines is 2. The lowest BCUT2D eigenvalue weighted by atomic mass is 10.3. The zero-order valence-electron chi connectivity index (χ0n) is 11.0. The average Bonchev–Trinajstić information content (AvgIpc) is 3.22. The van der Waals surface area contributed by atoms with E-state index in [9.17, 15) is 0 Å². The van der Waals surface area contributed by atoms with Crippen LogP contribution in [-0.2, 0) is 0 Å². The fourth-order valence-corrected chi connectivity index (χ4v) is 2.20. The van der Waals surface area contributed by atoms with Gasteiger partial charge < -0.3 is 15.1 Å². The van der Waals surface area contributed by atoms with Gasteiger partial charge in [-0.05, 0) is 31.9 Å². The Morgan fingerprint density at radius 2 is 2.06 bits per heavy atom. The first kappa shape index (κ1) is 11.7. The summed E-state index contributed by atoms with van der Waals surface area (Å²) in [6.45, 7) is 5.33. The van der Waals surface area contributed by atoms with Crippen molar-refractivity contribution in [2.24, 2.45) is 5.92 Å². The average molecular weight is 247 g/mol. The molecule has 1 N–H and O–H groups in total. The van der Waals surface area contributed by atoms with Gasteiger partial charge in [0, 0.05) is 38.9 Å². The molecule has 0 radical (unpaired) electrons. The highest BCUT2D eigenvalue weighted by Crippen LogP contribution is 2.28. The van der Waals surface area contributed by atoms with E-state index >= 15 is 0 Å². The SMILES string of the molecule is CN1CCN(c2ccnc(NCC3CC3)n2)CC1. The van der Waals surface area contributed by atoms with Crippen molar-refractivity contribution in [1.82, 2.24) is 14.9 Å². The summed E-state index contributed by atoms with van der Waals surface area (Å²) in [7, 11) is 2.17. The molecule has 18 heavy (non-hydrogen) atoms. The lowest BCUT2D eigenvalue weighted by Gasteiger charge is -2.33. The molecule has 0 spiro atoms. The van der Waals surface area contributed by atoms with Crippen LogP contribution in [0.1, 0.15) is 12.8 Å². The first-order chi connectivity index (χ1) is 8.81. The maximum Gasteiger partial charge on any atom is 0.224 e. The predicted octanol–water partition coefficient (Wildman–Crippen LogP) is 1.05. The third-order valence-electron chi connectivity index (χ3n) is 3.71. The quantitative estimate of drug-likeness (QED) is 0.861. The Balaban J connectivity index is 1.62. The Morgan fingerprint density at radius 3 is 2.78 bits per heavy atom. The van der Waals surface area contributed by atoms with Crippen LogP contribution in [0.3, 0.4) is 0 Å². The Kier molecular flexibility index (Phi) is 3.32. The molecular formula is C13H21N5. The van der Waals surface area contributed by atoms with Gasteiger partial charge in [-0.1, -0.05) is 0 Å². The Bertz CT molecular complexity index is 396. The van der Waals surface area contributed by atoms with Gasteiger partial charge in [0.05, 0.1) is 0 Å². The minimum Gasteiger partial charge on any atom is -0.354 e. The Labute approximate surface area is 108 Å². The van der Waals surface area contributed by atoms with Crippen LogP contribution in [-0.4, -0.2) is 54.6 Å². The van der Waals surface area contributed by atoms with Crippen LogP contribution in [0, 0.1) is 5.92 Å². The summed E-state index contributed by atoms with van der Waals surface area (Å²) in [4.78, 5) is 13.6. The Hall–Kier alpha value is -1.36. The number of nitrogens with one attached hydrogen (secondary N) is 1. The first-order valence-corrected chi connectivity index (χ1v) is 6.82. The van der Waals surface area contributed by atoms with E-state index in [1.807, 2.05) is 12.3 Å². The van der Waals surface area contributed by atoms with Crippen LogP contribution in [0.25, 0.3) is 0 Å². The summed E-state index contributed by atoms with van der Waals surface area (Å²) in [5, 5.41) is 3.34. The van der Waals surface area contributed by atoms with Crippen molar-refractivity contribution >= 4 is 11.8 Å². The zero-order chi connectivity index (χ0) is 12.4.